The van der Waals surface area contributed by atoms with Gasteiger partial charge in [0.25, 0.3) is 5.91 Å². The van der Waals surface area contributed by atoms with Gasteiger partial charge < -0.3 is 24.7 Å². The number of carbonyl (C=O) groups excluding carboxylic acids is 3. The van der Waals surface area contributed by atoms with Crippen molar-refractivity contribution in [3.05, 3.63) is 85.5 Å². The fourth-order valence-corrected chi connectivity index (χ4v) is 10.4. The monoisotopic (exact) mass is 630 g/mol. The third-order valence-corrected chi connectivity index (χ3v) is 12.1. The summed E-state index contributed by atoms with van der Waals surface area (Å²) in [5.74, 6) is -1.79. The molecule has 0 radical (unpaired) electrons. The molecule has 7 atom stereocenters. The number of rotatable bonds is 13. The van der Waals surface area contributed by atoms with E-state index in [1.54, 1.807) is 45.7 Å². The zero-order chi connectivity index (χ0) is 32.5. The Hall–Kier alpha value is -3.56. The summed E-state index contributed by atoms with van der Waals surface area (Å²) in [7, 11) is 1.74. The van der Waals surface area contributed by atoms with Crippen molar-refractivity contribution >= 4 is 40.9 Å². The van der Waals surface area contributed by atoms with Crippen LogP contribution in [0.1, 0.15) is 38.8 Å². The molecule has 3 aliphatic heterocycles. The van der Waals surface area contributed by atoms with E-state index in [1.807, 2.05) is 54.6 Å². The van der Waals surface area contributed by atoms with Crippen molar-refractivity contribution in [2.45, 2.75) is 49.3 Å². The number of hydrogen-bond donors (Lipinski definition) is 1. The molecule has 0 aliphatic carbocycles. The van der Waals surface area contributed by atoms with Gasteiger partial charge in [0.05, 0.1) is 29.2 Å². The van der Waals surface area contributed by atoms with Crippen LogP contribution in [0, 0.1) is 17.8 Å². The number of thioether (sulfide) groups is 1. The lowest BCUT2D eigenvalue weighted by molar-refractivity contribution is -0.145. The summed E-state index contributed by atoms with van der Waals surface area (Å²) in [6.07, 6.45) is 4.12. The van der Waals surface area contributed by atoms with Gasteiger partial charge in [-0.1, -0.05) is 49.4 Å². The van der Waals surface area contributed by atoms with Crippen molar-refractivity contribution in [2.75, 3.05) is 49.6 Å². The van der Waals surface area contributed by atoms with Gasteiger partial charge in [0, 0.05) is 49.9 Å². The third kappa shape index (κ3) is 5.37. The average Bonchev–Trinajstić information content (AvgIpc) is 3.65. The average molecular weight is 631 g/mol. The Bertz CT molecular complexity index is 1410. The van der Waals surface area contributed by atoms with E-state index in [0.717, 1.165) is 30.8 Å². The Labute approximate surface area is 271 Å². The molecule has 3 saturated heterocycles. The summed E-state index contributed by atoms with van der Waals surface area (Å²) in [5.41, 5.74) is 2.53. The van der Waals surface area contributed by atoms with Crippen LogP contribution in [-0.2, 0) is 14.4 Å². The lowest BCUT2D eigenvalue weighted by atomic mass is 9.65. The third-order valence-electron chi connectivity index (χ3n) is 10.0. The van der Waals surface area contributed by atoms with E-state index in [4.69, 9.17) is 0 Å². The van der Waals surface area contributed by atoms with Crippen LogP contribution in [0.2, 0.25) is 0 Å². The topological polar surface area (TPSA) is 84.4 Å². The molecule has 2 aromatic carbocycles. The van der Waals surface area contributed by atoms with Gasteiger partial charge in [-0.2, -0.15) is 0 Å². The first-order chi connectivity index (χ1) is 21.7. The summed E-state index contributed by atoms with van der Waals surface area (Å²) in [4.78, 5) is 51.1. The van der Waals surface area contributed by atoms with Gasteiger partial charge in [0.1, 0.15) is 6.04 Å². The first-order valence-electron chi connectivity index (χ1n) is 16.0. The molecule has 1 spiro atoms. The zero-order valence-corrected chi connectivity index (χ0v) is 27.7. The molecule has 3 unspecified atom stereocenters. The van der Waals surface area contributed by atoms with E-state index in [-0.39, 0.29) is 42.0 Å². The second kappa shape index (κ2) is 13.4. The number of aliphatic hydroxyl groups excluding tert-OH is 1. The normalized spacial score (nSPS) is 27.2. The molecule has 5 rings (SSSR count). The van der Waals surface area contributed by atoms with Gasteiger partial charge in [0.15, 0.2) is 0 Å². The maximum atomic E-state index is 15.1. The number of likely N-dealkylation sites (N-methyl/N-ethyl adjacent to an activating group) is 1. The van der Waals surface area contributed by atoms with Crippen LogP contribution in [0.4, 0.5) is 11.4 Å². The standard InChI is InChI=1S/C36H46N4O4S/c1-7-20-37(6)33(42)30-29-22-24(5)36(45-29)31(30)34(43)40(28(23-41)25-14-12-11-13-15-25)32(36)35(44)39(21-8-2)27-18-16-26(17-19-27)38(9-3)10-4/h7-8,11-19,24,28-32,41H,1-2,9-10,20-23H2,3-6H3/t24?,28-,29-,30+,31+,32?,36?/m1/s1. The van der Waals surface area contributed by atoms with Crippen LogP contribution in [-0.4, -0.2) is 88.5 Å². The van der Waals surface area contributed by atoms with Gasteiger partial charge in [-0.15, -0.1) is 24.9 Å². The Morgan fingerprint density at radius 3 is 2.22 bits per heavy atom. The van der Waals surface area contributed by atoms with Crippen molar-refractivity contribution in [3.63, 3.8) is 0 Å². The molecule has 3 fully saturated rings. The van der Waals surface area contributed by atoms with Crippen LogP contribution in [0.5, 0.6) is 0 Å². The molecular formula is C36H46N4O4S. The highest BCUT2D eigenvalue weighted by atomic mass is 32.2. The maximum absolute atomic E-state index is 15.1. The Balaban J connectivity index is 1.64. The molecular weight excluding hydrogens is 584 g/mol. The van der Waals surface area contributed by atoms with Gasteiger partial charge in [-0.05, 0) is 56.0 Å². The summed E-state index contributed by atoms with van der Waals surface area (Å²) >= 11 is 1.64. The maximum Gasteiger partial charge on any atom is 0.251 e. The van der Waals surface area contributed by atoms with Gasteiger partial charge in [0.2, 0.25) is 11.8 Å². The number of nitrogens with zero attached hydrogens (tertiary/aromatic N) is 4. The number of anilines is 2. The molecule has 0 saturated carbocycles. The second-order valence-corrected chi connectivity index (χ2v) is 13.9. The van der Waals surface area contributed by atoms with Crippen LogP contribution in [0.15, 0.2) is 79.9 Å². The summed E-state index contributed by atoms with van der Waals surface area (Å²) in [6, 6.07) is 15.7. The van der Waals surface area contributed by atoms with Gasteiger partial charge >= 0.3 is 0 Å². The fourth-order valence-electron chi connectivity index (χ4n) is 7.96. The molecule has 3 aliphatic rings. The highest BCUT2D eigenvalue weighted by molar-refractivity contribution is 8.02. The van der Waals surface area contributed by atoms with Crippen molar-refractivity contribution < 1.29 is 19.5 Å². The Morgan fingerprint density at radius 2 is 1.64 bits per heavy atom. The molecule has 2 aromatic rings. The fraction of sp³-hybridized carbons (Fsp3) is 0.472. The van der Waals surface area contributed by atoms with E-state index in [2.05, 4.69) is 38.8 Å². The predicted molar refractivity (Wildman–Crippen MR) is 182 cm³/mol. The number of amides is 3. The lowest BCUT2D eigenvalue weighted by Crippen LogP contribution is -2.58. The van der Waals surface area contributed by atoms with Crippen molar-refractivity contribution in [3.8, 4) is 0 Å². The zero-order valence-electron chi connectivity index (χ0n) is 26.8. The molecule has 3 heterocycles. The predicted octanol–water partition coefficient (Wildman–Crippen LogP) is 4.77. The summed E-state index contributed by atoms with van der Waals surface area (Å²) in [5, 5.41) is 10.8. The van der Waals surface area contributed by atoms with E-state index in [0.29, 0.717) is 12.2 Å². The minimum Gasteiger partial charge on any atom is -0.394 e. The molecule has 3 amide bonds. The first kappa shape index (κ1) is 32.8. The molecule has 240 valence electrons. The Kier molecular flexibility index (Phi) is 9.80. The van der Waals surface area contributed by atoms with Gasteiger partial charge in [-0.25, -0.2) is 0 Å². The molecule has 1 N–H and O–H groups in total. The minimum atomic E-state index is -0.887. The van der Waals surface area contributed by atoms with Crippen LogP contribution in [0.3, 0.4) is 0 Å². The molecule has 8 nitrogen and oxygen atoms in total. The minimum absolute atomic E-state index is 0.0000923. The van der Waals surface area contributed by atoms with E-state index < -0.39 is 28.7 Å². The SMILES string of the molecule is C=CCN(C)C(=O)[C@@H]1[C@H]2C(=O)N([C@H](CO)c3ccccc3)C(C(=O)N(CC=C)c3ccc(N(CC)CC)cc3)C23S[C@@H]1CC3C. The molecule has 9 heteroatoms. The van der Waals surface area contributed by atoms with Crippen LogP contribution >= 0.6 is 11.8 Å². The number of fused-ring (bicyclic) bond motifs is 1. The summed E-state index contributed by atoms with van der Waals surface area (Å²) in [6.45, 7) is 16.1. The number of carbonyl (C=O) groups is 3. The molecule has 45 heavy (non-hydrogen) atoms. The molecule has 2 bridgehead atoms. The Morgan fingerprint density at radius 1 is 1.02 bits per heavy atom. The van der Waals surface area contributed by atoms with Gasteiger partial charge in [-0.3, -0.25) is 14.4 Å². The first-order valence-corrected chi connectivity index (χ1v) is 16.9. The van der Waals surface area contributed by atoms with Crippen molar-refractivity contribution in [1.29, 1.82) is 0 Å². The summed E-state index contributed by atoms with van der Waals surface area (Å²) < 4.78 is -0.822. The van der Waals surface area contributed by atoms with Crippen molar-refractivity contribution in [1.82, 2.24) is 9.80 Å². The number of hydrogen-bond acceptors (Lipinski definition) is 6. The largest absolute Gasteiger partial charge is 0.394 e. The smallest absolute Gasteiger partial charge is 0.251 e. The number of benzene rings is 2. The number of aliphatic hydroxyl groups is 1. The highest BCUT2D eigenvalue weighted by Gasteiger charge is 2.77. The number of likely N-dealkylation sites (tertiary alicyclic amines) is 1. The van der Waals surface area contributed by atoms with Crippen molar-refractivity contribution in [2.24, 2.45) is 17.8 Å². The van der Waals surface area contributed by atoms with E-state index in [1.165, 1.54) is 0 Å². The highest BCUT2D eigenvalue weighted by Crippen LogP contribution is 2.69. The van der Waals surface area contributed by atoms with E-state index >= 15 is 4.79 Å². The van der Waals surface area contributed by atoms with E-state index in [9.17, 15) is 14.7 Å². The quantitative estimate of drug-likeness (QED) is 0.321. The lowest BCUT2D eigenvalue weighted by Gasteiger charge is -2.42. The second-order valence-electron chi connectivity index (χ2n) is 12.3. The van der Waals surface area contributed by atoms with Crippen LogP contribution in [0.25, 0.3) is 0 Å². The molecule has 0 aromatic heterocycles. The van der Waals surface area contributed by atoms with Crippen LogP contribution < -0.4 is 9.80 Å².